The van der Waals surface area contributed by atoms with Crippen molar-refractivity contribution in [3.8, 4) is 5.75 Å². The molecule has 0 aliphatic heterocycles. The fraction of sp³-hybridized carbons (Fsp3) is 0.143. The lowest BCUT2D eigenvalue weighted by Gasteiger charge is -2.08. The van der Waals surface area contributed by atoms with Crippen LogP contribution in [-0.2, 0) is 6.54 Å². The van der Waals surface area contributed by atoms with Crippen LogP contribution in [0.5, 0.6) is 5.75 Å². The van der Waals surface area contributed by atoms with Gasteiger partial charge in [0.15, 0.2) is 0 Å². The molecule has 1 aromatic carbocycles. The Morgan fingerprint density at radius 2 is 2.20 bits per heavy atom. The first-order chi connectivity index (χ1) is 9.67. The number of rotatable bonds is 4. The van der Waals surface area contributed by atoms with Crippen LogP contribution in [0.15, 0.2) is 42.6 Å². The lowest BCUT2D eigenvalue weighted by molar-refractivity contribution is 0.251. The van der Waals surface area contributed by atoms with Crippen LogP contribution >= 0.6 is 11.6 Å². The van der Waals surface area contributed by atoms with E-state index in [1.54, 1.807) is 19.2 Å². The number of methoxy groups -OCH3 is 1. The zero-order valence-electron chi connectivity index (χ0n) is 10.9. The van der Waals surface area contributed by atoms with Gasteiger partial charge in [-0.1, -0.05) is 23.7 Å². The van der Waals surface area contributed by atoms with Gasteiger partial charge in [0.25, 0.3) is 0 Å². The first kappa shape index (κ1) is 14.1. The molecule has 2 N–H and O–H groups in total. The fourth-order valence-electron chi connectivity index (χ4n) is 1.60. The number of carbonyl (C=O) groups is 1. The minimum atomic E-state index is -0.345. The van der Waals surface area contributed by atoms with Crippen molar-refractivity contribution < 1.29 is 9.53 Å². The highest BCUT2D eigenvalue weighted by Gasteiger charge is 2.03. The van der Waals surface area contributed by atoms with Crippen molar-refractivity contribution in [2.45, 2.75) is 6.54 Å². The van der Waals surface area contributed by atoms with E-state index in [1.165, 1.54) is 6.20 Å². The number of aromatic nitrogens is 1. The summed E-state index contributed by atoms with van der Waals surface area (Å²) in [5.74, 6) is 1.15. The molecule has 5 nitrogen and oxygen atoms in total. The normalized spacial score (nSPS) is 9.90. The van der Waals surface area contributed by atoms with Crippen LogP contribution in [0.25, 0.3) is 0 Å². The number of carbonyl (C=O) groups excluding carboxylic acids is 1. The number of hydrogen-bond acceptors (Lipinski definition) is 3. The predicted octanol–water partition coefficient (Wildman–Crippen LogP) is 3.07. The Kier molecular flexibility index (Phi) is 4.79. The van der Waals surface area contributed by atoms with E-state index in [0.717, 1.165) is 11.3 Å². The van der Waals surface area contributed by atoms with E-state index in [2.05, 4.69) is 15.6 Å². The van der Waals surface area contributed by atoms with E-state index in [1.807, 2.05) is 24.3 Å². The molecule has 0 aliphatic rings. The number of nitrogens with zero attached hydrogens (tertiary/aromatic N) is 1. The summed E-state index contributed by atoms with van der Waals surface area (Å²) in [6.45, 7) is 0.392. The Balaban J connectivity index is 1.88. The largest absolute Gasteiger partial charge is 0.497 e. The monoisotopic (exact) mass is 291 g/mol. The molecule has 0 radical (unpaired) electrons. The van der Waals surface area contributed by atoms with Gasteiger partial charge in [0.05, 0.1) is 7.11 Å². The zero-order chi connectivity index (χ0) is 14.4. The number of hydrogen-bond donors (Lipinski definition) is 2. The second-order valence-corrected chi connectivity index (χ2v) is 4.45. The number of urea groups is 1. The van der Waals surface area contributed by atoms with Crippen LogP contribution in [0.1, 0.15) is 5.56 Å². The van der Waals surface area contributed by atoms with E-state index >= 15 is 0 Å². The smallest absolute Gasteiger partial charge is 0.320 e. The van der Waals surface area contributed by atoms with Crippen LogP contribution in [0.4, 0.5) is 10.6 Å². The minimum absolute atomic E-state index is 0.345. The summed E-state index contributed by atoms with van der Waals surface area (Å²) in [4.78, 5) is 15.7. The number of nitrogens with one attached hydrogen (secondary N) is 2. The predicted molar refractivity (Wildman–Crippen MR) is 78.1 cm³/mol. The van der Waals surface area contributed by atoms with Gasteiger partial charge in [-0.3, -0.25) is 5.32 Å². The van der Waals surface area contributed by atoms with Crippen molar-refractivity contribution in [1.29, 1.82) is 0 Å². The molecular formula is C14H14ClN3O2. The van der Waals surface area contributed by atoms with Gasteiger partial charge in [-0.25, -0.2) is 9.78 Å². The Bertz CT molecular complexity index is 604. The van der Waals surface area contributed by atoms with Gasteiger partial charge in [0, 0.05) is 17.8 Å². The SMILES string of the molecule is COc1cccc(CNC(=O)Nc2cc(Cl)ccn2)c1. The van der Waals surface area contributed by atoms with E-state index < -0.39 is 0 Å². The van der Waals surface area contributed by atoms with Gasteiger partial charge in [-0.05, 0) is 29.8 Å². The second-order valence-electron chi connectivity index (χ2n) is 4.02. The number of pyridine rings is 1. The van der Waals surface area contributed by atoms with Gasteiger partial charge in [0.2, 0.25) is 0 Å². The molecule has 104 valence electrons. The van der Waals surface area contributed by atoms with Crippen molar-refractivity contribution in [3.05, 3.63) is 53.2 Å². The third-order valence-electron chi connectivity index (χ3n) is 2.55. The van der Waals surface area contributed by atoms with E-state index in [-0.39, 0.29) is 6.03 Å². The summed E-state index contributed by atoms with van der Waals surface area (Å²) in [7, 11) is 1.60. The van der Waals surface area contributed by atoms with E-state index in [4.69, 9.17) is 16.3 Å². The number of ether oxygens (including phenoxy) is 1. The molecule has 0 saturated heterocycles. The molecule has 0 spiro atoms. The third-order valence-corrected chi connectivity index (χ3v) is 2.79. The molecule has 0 unspecified atom stereocenters. The Hall–Kier alpha value is -2.27. The molecule has 0 fully saturated rings. The zero-order valence-corrected chi connectivity index (χ0v) is 11.6. The highest BCUT2D eigenvalue weighted by atomic mass is 35.5. The molecule has 1 aromatic heterocycles. The number of halogens is 1. The molecular weight excluding hydrogens is 278 g/mol. The Labute approximate surface area is 121 Å². The van der Waals surface area contributed by atoms with Crippen LogP contribution in [0.3, 0.4) is 0 Å². The lowest BCUT2D eigenvalue weighted by Crippen LogP contribution is -2.28. The molecule has 2 amide bonds. The quantitative estimate of drug-likeness (QED) is 0.910. The van der Waals surface area contributed by atoms with Gasteiger partial charge in [0.1, 0.15) is 11.6 Å². The first-order valence-electron chi connectivity index (χ1n) is 5.97. The highest BCUT2D eigenvalue weighted by molar-refractivity contribution is 6.30. The molecule has 6 heteroatoms. The molecule has 0 aliphatic carbocycles. The van der Waals surface area contributed by atoms with Gasteiger partial charge < -0.3 is 10.1 Å². The maximum Gasteiger partial charge on any atom is 0.320 e. The van der Waals surface area contributed by atoms with Gasteiger partial charge >= 0.3 is 6.03 Å². The van der Waals surface area contributed by atoms with Crippen molar-refractivity contribution in [2.24, 2.45) is 0 Å². The lowest BCUT2D eigenvalue weighted by atomic mass is 10.2. The average Bonchev–Trinajstić information content (AvgIpc) is 2.45. The number of anilines is 1. The van der Waals surface area contributed by atoms with Gasteiger partial charge in [-0.15, -0.1) is 0 Å². The molecule has 0 saturated carbocycles. The first-order valence-corrected chi connectivity index (χ1v) is 6.34. The van der Waals surface area contributed by atoms with E-state index in [9.17, 15) is 4.79 Å². The molecule has 0 atom stereocenters. The fourth-order valence-corrected chi connectivity index (χ4v) is 1.76. The Morgan fingerprint density at radius 3 is 2.95 bits per heavy atom. The molecule has 1 heterocycles. The van der Waals surface area contributed by atoms with Crippen LogP contribution in [0, 0.1) is 0 Å². The Morgan fingerprint density at radius 1 is 1.35 bits per heavy atom. The van der Waals surface area contributed by atoms with Gasteiger partial charge in [-0.2, -0.15) is 0 Å². The van der Waals surface area contributed by atoms with Crippen LogP contribution in [-0.4, -0.2) is 18.1 Å². The number of benzene rings is 1. The molecule has 0 bridgehead atoms. The number of amides is 2. The molecule has 20 heavy (non-hydrogen) atoms. The summed E-state index contributed by atoms with van der Waals surface area (Å²) in [6.07, 6.45) is 1.53. The van der Waals surface area contributed by atoms with Crippen LogP contribution in [0.2, 0.25) is 5.02 Å². The van der Waals surface area contributed by atoms with Crippen molar-refractivity contribution >= 4 is 23.4 Å². The average molecular weight is 292 g/mol. The summed E-state index contributed by atoms with van der Waals surface area (Å²) >= 11 is 5.81. The molecule has 2 aromatic rings. The second kappa shape index (κ2) is 6.77. The maximum absolute atomic E-state index is 11.7. The summed E-state index contributed by atoms with van der Waals surface area (Å²) in [5, 5.41) is 5.85. The topological polar surface area (TPSA) is 63.2 Å². The standard InChI is InChI=1S/C14H14ClN3O2/c1-20-12-4-2-3-10(7-12)9-17-14(19)18-13-8-11(15)5-6-16-13/h2-8H,9H2,1H3,(H2,16,17,18,19). The maximum atomic E-state index is 11.7. The van der Waals surface area contributed by atoms with E-state index in [0.29, 0.717) is 17.4 Å². The summed E-state index contributed by atoms with van der Waals surface area (Å²) < 4.78 is 5.12. The van der Waals surface area contributed by atoms with Crippen molar-refractivity contribution in [1.82, 2.24) is 10.3 Å². The third kappa shape index (κ3) is 4.13. The molecule has 2 rings (SSSR count). The van der Waals surface area contributed by atoms with Crippen molar-refractivity contribution in [2.75, 3.05) is 12.4 Å². The highest BCUT2D eigenvalue weighted by Crippen LogP contribution is 2.13. The summed E-state index contributed by atoms with van der Waals surface area (Å²) in [6, 6.07) is 10.3. The van der Waals surface area contributed by atoms with Crippen LogP contribution < -0.4 is 15.4 Å². The minimum Gasteiger partial charge on any atom is -0.497 e. The van der Waals surface area contributed by atoms with Crippen molar-refractivity contribution in [3.63, 3.8) is 0 Å². The summed E-state index contributed by atoms with van der Waals surface area (Å²) in [5.41, 5.74) is 0.943.